The third-order valence-corrected chi connectivity index (χ3v) is 5.65. The van der Waals surface area contributed by atoms with Gasteiger partial charge in [-0.3, -0.25) is 0 Å². The number of nitrogens with zero attached hydrogens (tertiary/aromatic N) is 4. The molecule has 0 aromatic carbocycles. The van der Waals surface area contributed by atoms with Gasteiger partial charge in [-0.15, -0.1) is 0 Å². The number of quaternary nitrogens is 1. The Morgan fingerprint density at radius 3 is 3.13 bits per heavy atom. The van der Waals surface area contributed by atoms with Gasteiger partial charge in [-0.25, -0.2) is 4.98 Å². The van der Waals surface area contributed by atoms with Crippen LogP contribution in [0.4, 0.5) is 5.82 Å². The van der Waals surface area contributed by atoms with Crippen molar-refractivity contribution in [3.05, 3.63) is 17.6 Å². The topological polar surface area (TPSA) is 59.5 Å². The van der Waals surface area contributed by atoms with Crippen molar-refractivity contribution in [1.29, 1.82) is 0 Å². The fourth-order valence-electron chi connectivity index (χ4n) is 4.19. The molecule has 4 rings (SSSR count). The van der Waals surface area contributed by atoms with Crippen LogP contribution in [0.2, 0.25) is 0 Å². The molecule has 2 N–H and O–H groups in total. The fraction of sp³-hybridized carbons (Fsp3) is 0.706. The van der Waals surface area contributed by atoms with Crippen molar-refractivity contribution >= 4 is 11.6 Å². The van der Waals surface area contributed by atoms with E-state index in [1.54, 1.807) is 11.2 Å². The number of hydrogen-bond acceptors (Lipinski definition) is 4. The van der Waals surface area contributed by atoms with Crippen molar-refractivity contribution < 1.29 is 4.90 Å². The molecule has 1 fully saturated rings. The van der Waals surface area contributed by atoms with E-state index in [9.17, 15) is 0 Å². The van der Waals surface area contributed by atoms with Crippen molar-refractivity contribution in [2.24, 2.45) is 5.92 Å². The standard InChI is InChI=1S/C17H26N6/c1-12-5-6-14-15(10-12)21-17-19-11-20-23(17)16(14)18-8-7-13-4-3-9-22(13)2/h11-13,18H,3-10H2,1-2H3/p+1/t12-,13+/m1/s1. The lowest BCUT2D eigenvalue weighted by Crippen LogP contribution is -3.10. The first-order valence-electron chi connectivity index (χ1n) is 9.00. The van der Waals surface area contributed by atoms with Crippen LogP contribution in [0.25, 0.3) is 5.78 Å². The molecule has 3 atom stereocenters. The van der Waals surface area contributed by atoms with Gasteiger partial charge in [-0.1, -0.05) is 6.92 Å². The fourth-order valence-corrected chi connectivity index (χ4v) is 4.19. The first kappa shape index (κ1) is 14.9. The highest BCUT2D eigenvalue weighted by molar-refractivity contribution is 5.53. The van der Waals surface area contributed by atoms with Crippen LogP contribution in [0.1, 0.15) is 43.9 Å². The Morgan fingerprint density at radius 2 is 2.30 bits per heavy atom. The highest BCUT2D eigenvalue weighted by atomic mass is 15.4. The van der Waals surface area contributed by atoms with Crippen molar-refractivity contribution in [2.75, 3.05) is 25.5 Å². The third kappa shape index (κ3) is 2.80. The second kappa shape index (κ2) is 6.07. The maximum absolute atomic E-state index is 4.73. The van der Waals surface area contributed by atoms with Gasteiger partial charge in [0.1, 0.15) is 12.1 Å². The van der Waals surface area contributed by atoms with Gasteiger partial charge in [0.25, 0.3) is 5.78 Å². The van der Waals surface area contributed by atoms with Crippen LogP contribution >= 0.6 is 0 Å². The molecular formula is C17H27N6+. The molecule has 2 aromatic rings. The highest BCUT2D eigenvalue weighted by Crippen LogP contribution is 2.29. The van der Waals surface area contributed by atoms with Crippen LogP contribution in [0.3, 0.4) is 0 Å². The molecule has 0 spiro atoms. The molecule has 0 saturated carbocycles. The maximum atomic E-state index is 4.73. The van der Waals surface area contributed by atoms with Gasteiger partial charge in [0.05, 0.1) is 25.3 Å². The summed E-state index contributed by atoms with van der Waals surface area (Å²) in [5.74, 6) is 2.57. The molecular weight excluding hydrogens is 288 g/mol. The molecule has 6 nitrogen and oxygen atoms in total. The van der Waals surface area contributed by atoms with E-state index < -0.39 is 0 Å². The number of nitrogens with one attached hydrogen (secondary N) is 2. The molecule has 2 aromatic heterocycles. The van der Waals surface area contributed by atoms with E-state index in [0.29, 0.717) is 5.92 Å². The zero-order valence-electron chi connectivity index (χ0n) is 14.2. The molecule has 124 valence electrons. The summed E-state index contributed by atoms with van der Waals surface area (Å²) in [5, 5.41) is 8.06. The minimum absolute atomic E-state index is 0.712. The Bertz CT molecular complexity index is 694. The van der Waals surface area contributed by atoms with E-state index in [1.165, 1.54) is 43.5 Å². The Kier molecular flexibility index (Phi) is 3.93. The van der Waals surface area contributed by atoms with Gasteiger partial charge in [-0.05, 0) is 25.2 Å². The lowest BCUT2D eigenvalue weighted by atomic mass is 9.88. The van der Waals surface area contributed by atoms with E-state index >= 15 is 0 Å². The number of fused-ring (bicyclic) bond motifs is 2. The Balaban J connectivity index is 1.56. The van der Waals surface area contributed by atoms with Gasteiger partial charge < -0.3 is 10.2 Å². The van der Waals surface area contributed by atoms with E-state index in [2.05, 4.69) is 29.4 Å². The highest BCUT2D eigenvalue weighted by Gasteiger charge is 2.26. The normalized spacial score (nSPS) is 27.3. The molecule has 0 radical (unpaired) electrons. The maximum Gasteiger partial charge on any atom is 0.254 e. The molecule has 1 saturated heterocycles. The van der Waals surface area contributed by atoms with E-state index in [-0.39, 0.29) is 0 Å². The monoisotopic (exact) mass is 315 g/mol. The lowest BCUT2D eigenvalue weighted by molar-refractivity contribution is -0.892. The smallest absolute Gasteiger partial charge is 0.254 e. The quantitative estimate of drug-likeness (QED) is 0.873. The molecule has 3 heterocycles. The number of likely N-dealkylation sites (tertiary alicyclic amines) is 1. The van der Waals surface area contributed by atoms with Crippen molar-refractivity contribution in [2.45, 2.75) is 51.5 Å². The van der Waals surface area contributed by atoms with Crippen molar-refractivity contribution in [3.63, 3.8) is 0 Å². The SMILES string of the molecule is C[C@@H]1CCc2c(nc3ncnn3c2NCC[C@@H]2CCC[NH+]2C)C1. The number of aromatic nitrogens is 4. The summed E-state index contributed by atoms with van der Waals surface area (Å²) >= 11 is 0. The summed E-state index contributed by atoms with van der Waals surface area (Å²) in [6.07, 6.45) is 8.94. The van der Waals surface area contributed by atoms with Gasteiger partial charge in [0, 0.05) is 31.4 Å². The molecule has 2 aliphatic rings. The second-order valence-electron chi connectivity index (χ2n) is 7.36. The van der Waals surface area contributed by atoms with E-state index in [4.69, 9.17) is 4.98 Å². The summed E-state index contributed by atoms with van der Waals surface area (Å²) in [5.41, 5.74) is 2.57. The van der Waals surface area contributed by atoms with Gasteiger partial charge >= 0.3 is 0 Å². The van der Waals surface area contributed by atoms with Gasteiger partial charge in [0.15, 0.2) is 0 Å². The van der Waals surface area contributed by atoms with E-state index in [1.807, 2.05) is 4.52 Å². The Morgan fingerprint density at radius 1 is 1.39 bits per heavy atom. The lowest BCUT2D eigenvalue weighted by Gasteiger charge is -2.24. The number of hydrogen-bond donors (Lipinski definition) is 2. The summed E-state index contributed by atoms with van der Waals surface area (Å²) in [6, 6.07) is 0.798. The van der Waals surface area contributed by atoms with Crippen LogP contribution in [-0.2, 0) is 12.8 Å². The molecule has 0 bridgehead atoms. The largest absolute Gasteiger partial charge is 0.369 e. The van der Waals surface area contributed by atoms with Crippen LogP contribution in [-0.4, -0.2) is 45.8 Å². The predicted molar refractivity (Wildman–Crippen MR) is 89.9 cm³/mol. The molecule has 6 heteroatoms. The Hall–Kier alpha value is -1.69. The van der Waals surface area contributed by atoms with Gasteiger partial charge in [-0.2, -0.15) is 14.6 Å². The molecule has 1 aliphatic carbocycles. The third-order valence-electron chi connectivity index (χ3n) is 5.65. The summed E-state index contributed by atoms with van der Waals surface area (Å²) in [7, 11) is 2.32. The van der Waals surface area contributed by atoms with Gasteiger partial charge in [0.2, 0.25) is 0 Å². The molecule has 23 heavy (non-hydrogen) atoms. The van der Waals surface area contributed by atoms with Crippen LogP contribution < -0.4 is 10.2 Å². The van der Waals surface area contributed by atoms with Crippen LogP contribution in [0.15, 0.2) is 6.33 Å². The number of rotatable bonds is 4. The number of anilines is 1. The average Bonchev–Trinajstić information content (AvgIpc) is 3.15. The zero-order valence-corrected chi connectivity index (χ0v) is 14.2. The Labute approximate surface area is 137 Å². The minimum Gasteiger partial charge on any atom is -0.369 e. The summed E-state index contributed by atoms with van der Waals surface area (Å²) in [4.78, 5) is 10.7. The average molecular weight is 315 g/mol. The summed E-state index contributed by atoms with van der Waals surface area (Å²) in [6.45, 7) is 4.63. The predicted octanol–water partition coefficient (Wildman–Crippen LogP) is 0.728. The second-order valence-corrected chi connectivity index (χ2v) is 7.36. The molecule has 0 amide bonds. The molecule has 1 unspecified atom stereocenters. The first-order valence-corrected chi connectivity index (χ1v) is 9.00. The zero-order chi connectivity index (χ0) is 15.8. The first-order chi connectivity index (χ1) is 11.2. The van der Waals surface area contributed by atoms with E-state index in [0.717, 1.165) is 37.0 Å². The minimum atomic E-state index is 0.712. The van der Waals surface area contributed by atoms with Crippen LogP contribution in [0.5, 0.6) is 0 Å². The summed E-state index contributed by atoms with van der Waals surface area (Å²) < 4.78 is 1.89. The van der Waals surface area contributed by atoms with Crippen molar-refractivity contribution in [1.82, 2.24) is 19.6 Å². The van der Waals surface area contributed by atoms with Crippen molar-refractivity contribution in [3.8, 4) is 0 Å². The van der Waals surface area contributed by atoms with Crippen LogP contribution in [0, 0.1) is 5.92 Å². The molecule has 1 aliphatic heterocycles.